The monoisotopic (exact) mass is 279 g/mol. The molecule has 0 aromatic heterocycles. The first-order chi connectivity index (χ1) is 9.19. The maximum atomic E-state index is 11.9. The number of hydrogen-bond acceptors (Lipinski definition) is 3. The van der Waals surface area contributed by atoms with Crippen molar-refractivity contribution in [2.24, 2.45) is 0 Å². The Labute approximate surface area is 117 Å². The minimum absolute atomic E-state index is 0.0739. The summed E-state index contributed by atoms with van der Waals surface area (Å²) in [6.07, 6.45) is 0. The van der Waals surface area contributed by atoms with Crippen molar-refractivity contribution in [1.82, 2.24) is 10.2 Å². The van der Waals surface area contributed by atoms with Gasteiger partial charge in [-0.15, -0.1) is 0 Å². The Kier molecular flexibility index (Phi) is 4.57. The largest absolute Gasteiger partial charge is 0.494 e. The van der Waals surface area contributed by atoms with Crippen LogP contribution in [-0.2, 0) is 4.79 Å². The van der Waals surface area contributed by atoms with E-state index in [0.29, 0.717) is 11.7 Å². The standard InChI is InChI=1S/C13H17N3O2S/c1-2-18-11-5-3-10(4-6-11)15-12(17)9-16-8-7-14-13(16)19/h3-6H,2,7-9H2,1H3,(H,14,19)(H,15,17). The number of carbonyl (C=O) groups is 1. The molecule has 1 saturated heterocycles. The van der Waals surface area contributed by atoms with Gasteiger partial charge in [-0.3, -0.25) is 4.79 Å². The van der Waals surface area contributed by atoms with E-state index in [1.807, 2.05) is 36.1 Å². The Bertz CT molecular complexity index is 461. The van der Waals surface area contributed by atoms with Crippen LogP contribution in [-0.4, -0.2) is 42.2 Å². The number of nitrogens with zero attached hydrogens (tertiary/aromatic N) is 1. The summed E-state index contributed by atoms with van der Waals surface area (Å²) in [5.74, 6) is 0.723. The van der Waals surface area contributed by atoms with Gasteiger partial charge < -0.3 is 20.3 Å². The Hall–Kier alpha value is -1.82. The molecular formula is C13H17N3O2S. The number of hydrogen-bond donors (Lipinski definition) is 2. The number of anilines is 1. The highest BCUT2D eigenvalue weighted by molar-refractivity contribution is 7.80. The quantitative estimate of drug-likeness (QED) is 0.794. The highest BCUT2D eigenvalue weighted by Crippen LogP contribution is 2.15. The van der Waals surface area contributed by atoms with E-state index < -0.39 is 0 Å². The number of amides is 1. The van der Waals surface area contributed by atoms with Crippen LogP contribution in [0.25, 0.3) is 0 Å². The average Bonchev–Trinajstić information content (AvgIpc) is 2.78. The normalized spacial score (nSPS) is 14.2. The maximum absolute atomic E-state index is 11.9. The molecule has 19 heavy (non-hydrogen) atoms. The van der Waals surface area contributed by atoms with Crippen LogP contribution in [0.15, 0.2) is 24.3 Å². The predicted molar refractivity (Wildman–Crippen MR) is 78.4 cm³/mol. The van der Waals surface area contributed by atoms with Crippen molar-refractivity contribution < 1.29 is 9.53 Å². The van der Waals surface area contributed by atoms with E-state index in [1.165, 1.54) is 0 Å². The summed E-state index contributed by atoms with van der Waals surface area (Å²) < 4.78 is 5.34. The van der Waals surface area contributed by atoms with E-state index in [9.17, 15) is 4.79 Å². The molecule has 5 nitrogen and oxygen atoms in total. The van der Waals surface area contributed by atoms with Crippen molar-refractivity contribution in [2.75, 3.05) is 31.6 Å². The molecule has 0 bridgehead atoms. The molecule has 2 rings (SSSR count). The van der Waals surface area contributed by atoms with Gasteiger partial charge in [0.1, 0.15) is 5.75 Å². The van der Waals surface area contributed by atoms with Gasteiger partial charge in [0.25, 0.3) is 0 Å². The first-order valence-electron chi connectivity index (χ1n) is 6.24. The number of nitrogens with one attached hydrogen (secondary N) is 2. The van der Waals surface area contributed by atoms with E-state index >= 15 is 0 Å². The Morgan fingerprint density at radius 2 is 2.21 bits per heavy atom. The number of benzene rings is 1. The molecule has 6 heteroatoms. The first kappa shape index (κ1) is 13.6. The molecule has 1 aromatic carbocycles. The fraction of sp³-hybridized carbons (Fsp3) is 0.385. The predicted octanol–water partition coefficient (Wildman–Crippen LogP) is 1.21. The molecule has 1 aliphatic rings. The minimum Gasteiger partial charge on any atom is -0.494 e. The highest BCUT2D eigenvalue weighted by atomic mass is 32.1. The lowest BCUT2D eigenvalue weighted by atomic mass is 10.3. The summed E-state index contributed by atoms with van der Waals surface area (Å²) in [4.78, 5) is 13.7. The molecule has 1 heterocycles. The van der Waals surface area contributed by atoms with Crippen LogP contribution in [0.2, 0.25) is 0 Å². The summed E-state index contributed by atoms with van der Waals surface area (Å²) in [6, 6.07) is 7.31. The van der Waals surface area contributed by atoms with Gasteiger partial charge in [0.15, 0.2) is 5.11 Å². The Morgan fingerprint density at radius 3 is 2.79 bits per heavy atom. The van der Waals surface area contributed by atoms with Crippen LogP contribution in [0.1, 0.15) is 6.92 Å². The second-order valence-corrected chi connectivity index (χ2v) is 4.55. The summed E-state index contributed by atoms with van der Waals surface area (Å²) in [6.45, 7) is 4.41. The number of rotatable bonds is 5. The van der Waals surface area contributed by atoms with Crippen molar-refractivity contribution in [2.45, 2.75) is 6.92 Å². The second-order valence-electron chi connectivity index (χ2n) is 4.16. The number of carbonyl (C=O) groups excluding carboxylic acids is 1. The van der Waals surface area contributed by atoms with Crippen LogP contribution in [0.3, 0.4) is 0 Å². The molecule has 0 aliphatic carbocycles. The fourth-order valence-electron chi connectivity index (χ4n) is 1.84. The molecule has 0 spiro atoms. The highest BCUT2D eigenvalue weighted by Gasteiger charge is 2.18. The summed E-state index contributed by atoms with van der Waals surface area (Å²) in [7, 11) is 0. The Balaban J connectivity index is 1.86. The maximum Gasteiger partial charge on any atom is 0.243 e. The summed E-state index contributed by atoms with van der Waals surface area (Å²) >= 11 is 5.09. The SMILES string of the molecule is CCOc1ccc(NC(=O)CN2CCNC2=S)cc1. The van der Waals surface area contributed by atoms with Crippen molar-refractivity contribution in [3.63, 3.8) is 0 Å². The van der Waals surface area contributed by atoms with Crippen LogP contribution < -0.4 is 15.4 Å². The van der Waals surface area contributed by atoms with Crippen LogP contribution in [0.4, 0.5) is 5.69 Å². The molecular weight excluding hydrogens is 262 g/mol. The molecule has 0 atom stereocenters. The summed E-state index contributed by atoms with van der Waals surface area (Å²) in [5, 5.41) is 6.50. The van der Waals surface area contributed by atoms with Crippen molar-refractivity contribution in [1.29, 1.82) is 0 Å². The van der Waals surface area contributed by atoms with E-state index in [1.54, 1.807) is 0 Å². The van der Waals surface area contributed by atoms with E-state index in [0.717, 1.165) is 24.5 Å². The number of thiocarbonyl (C=S) groups is 1. The van der Waals surface area contributed by atoms with Gasteiger partial charge >= 0.3 is 0 Å². The molecule has 1 aliphatic heterocycles. The minimum atomic E-state index is -0.0739. The third kappa shape index (κ3) is 3.82. The molecule has 2 N–H and O–H groups in total. The van der Waals surface area contributed by atoms with Gasteiger partial charge in [0.2, 0.25) is 5.91 Å². The van der Waals surface area contributed by atoms with E-state index in [4.69, 9.17) is 17.0 Å². The van der Waals surface area contributed by atoms with Crippen LogP contribution in [0.5, 0.6) is 5.75 Å². The lowest BCUT2D eigenvalue weighted by molar-refractivity contribution is -0.116. The van der Waals surface area contributed by atoms with E-state index in [2.05, 4.69) is 10.6 Å². The van der Waals surface area contributed by atoms with Gasteiger partial charge in [-0.2, -0.15) is 0 Å². The molecule has 0 unspecified atom stereocenters. The smallest absolute Gasteiger partial charge is 0.243 e. The first-order valence-corrected chi connectivity index (χ1v) is 6.65. The third-order valence-corrected chi connectivity index (χ3v) is 3.13. The number of ether oxygens (including phenoxy) is 1. The van der Waals surface area contributed by atoms with Crippen molar-refractivity contribution in [3.8, 4) is 5.75 Å². The fourth-order valence-corrected chi connectivity index (χ4v) is 2.09. The van der Waals surface area contributed by atoms with Gasteiger partial charge in [-0.1, -0.05) is 0 Å². The zero-order valence-corrected chi connectivity index (χ0v) is 11.6. The molecule has 0 saturated carbocycles. The van der Waals surface area contributed by atoms with Gasteiger partial charge in [0.05, 0.1) is 13.2 Å². The molecule has 102 valence electrons. The average molecular weight is 279 g/mol. The van der Waals surface area contributed by atoms with Crippen molar-refractivity contribution >= 4 is 28.9 Å². The molecule has 1 aromatic rings. The lowest BCUT2D eigenvalue weighted by Gasteiger charge is -2.15. The van der Waals surface area contributed by atoms with Crippen molar-refractivity contribution in [3.05, 3.63) is 24.3 Å². The van der Waals surface area contributed by atoms with Gasteiger partial charge in [-0.05, 0) is 43.4 Å². The zero-order chi connectivity index (χ0) is 13.7. The lowest BCUT2D eigenvalue weighted by Crippen LogP contribution is -2.35. The second kappa shape index (κ2) is 6.38. The topological polar surface area (TPSA) is 53.6 Å². The summed E-state index contributed by atoms with van der Waals surface area (Å²) in [5.41, 5.74) is 0.756. The van der Waals surface area contributed by atoms with E-state index in [-0.39, 0.29) is 12.5 Å². The Morgan fingerprint density at radius 1 is 1.47 bits per heavy atom. The van der Waals surface area contributed by atoms with Crippen LogP contribution in [0, 0.1) is 0 Å². The molecule has 1 fully saturated rings. The van der Waals surface area contributed by atoms with Crippen LogP contribution >= 0.6 is 12.2 Å². The molecule has 1 amide bonds. The van der Waals surface area contributed by atoms with Gasteiger partial charge in [-0.25, -0.2) is 0 Å². The zero-order valence-electron chi connectivity index (χ0n) is 10.8. The van der Waals surface area contributed by atoms with Gasteiger partial charge in [0, 0.05) is 18.8 Å². The molecule has 0 radical (unpaired) electrons. The third-order valence-electron chi connectivity index (χ3n) is 2.73.